The van der Waals surface area contributed by atoms with E-state index in [1.807, 2.05) is 0 Å². The number of likely N-dealkylation sites (tertiary alicyclic amines) is 1. The molecule has 4 nitrogen and oxygen atoms in total. The first kappa shape index (κ1) is 17.4. The minimum Gasteiger partial charge on any atom is -0.381 e. The molecule has 2 saturated heterocycles. The molecule has 1 atom stereocenters. The second-order valence-corrected chi connectivity index (χ2v) is 6.41. The molecule has 1 aromatic rings. The molecular formula is C18H30N2O2. The van der Waals surface area contributed by atoms with E-state index in [2.05, 4.69) is 36.9 Å². The average molecular weight is 306 g/mol. The van der Waals surface area contributed by atoms with Gasteiger partial charge in [0, 0.05) is 45.7 Å². The number of ether oxygens (including phenoxy) is 2. The fourth-order valence-electron chi connectivity index (χ4n) is 2.78. The summed E-state index contributed by atoms with van der Waals surface area (Å²) in [4.78, 5) is 7.12. The molecule has 3 heterocycles. The van der Waals surface area contributed by atoms with Gasteiger partial charge in [0.1, 0.15) is 0 Å². The molecule has 0 radical (unpaired) electrons. The van der Waals surface area contributed by atoms with Gasteiger partial charge in [0.25, 0.3) is 0 Å². The van der Waals surface area contributed by atoms with Gasteiger partial charge in [0.15, 0.2) is 0 Å². The highest BCUT2D eigenvalue weighted by Crippen LogP contribution is 2.16. The van der Waals surface area contributed by atoms with Gasteiger partial charge in [0.2, 0.25) is 0 Å². The Bertz CT molecular complexity index is 425. The monoisotopic (exact) mass is 306 g/mol. The molecular weight excluding hydrogens is 276 g/mol. The van der Waals surface area contributed by atoms with E-state index in [0.29, 0.717) is 12.0 Å². The fourth-order valence-corrected chi connectivity index (χ4v) is 2.78. The maximum Gasteiger partial charge on any atom is 0.0710 e. The predicted molar refractivity (Wildman–Crippen MR) is 89.1 cm³/mol. The van der Waals surface area contributed by atoms with Crippen LogP contribution in [0.5, 0.6) is 0 Å². The zero-order chi connectivity index (χ0) is 15.8. The molecule has 0 saturated carbocycles. The van der Waals surface area contributed by atoms with Gasteiger partial charge in [-0.2, -0.15) is 0 Å². The third-order valence-electron chi connectivity index (χ3n) is 4.20. The van der Waals surface area contributed by atoms with Crippen molar-refractivity contribution in [3.8, 4) is 0 Å². The predicted octanol–water partition coefficient (Wildman–Crippen LogP) is 3.22. The Morgan fingerprint density at radius 1 is 1.32 bits per heavy atom. The molecule has 0 aliphatic carbocycles. The minimum absolute atomic E-state index is 0.406. The second-order valence-electron chi connectivity index (χ2n) is 6.41. The first-order valence-corrected chi connectivity index (χ1v) is 8.47. The summed E-state index contributed by atoms with van der Waals surface area (Å²) < 4.78 is 10.3. The largest absolute Gasteiger partial charge is 0.381 e. The summed E-state index contributed by atoms with van der Waals surface area (Å²) in [5.74, 6) is 0.500. The van der Waals surface area contributed by atoms with Crippen LogP contribution in [0, 0.1) is 0 Å². The lowest BCUT2D eigenvalue weighted by atomic mass is 10.1. The summed E-state index contributed by atoms with van der Waals surface area (Å²) in [6, 6.07) is 6.34. The zero-order valence-electron chi connectivity index (χ0n) is 14.3. The van der Waals surface area contributed by atoms with Crippen LogP contribution in [-0.2, 0) is 16.0 Å². The van der Waals surface area contributed by atoms with Crippen molar-refractivity contribution < 1.29 is 9.47 Å². The SMILES string of the molecule is C1CCOC1.COC1CCN(Cc2cccc(C(C)C)n2)C1. The van der Waals surface area contributed by atoms with E-state index in [0.717, 1.165) is 39.3 Å². The van der Waals surface area contributed by atoms with E-state index in [1.54, 1.807) is 7.11 Å². The van der Waals surface area contributed by atoms with Crippen molar-refractivity contribution in [1.29, 1.82) is 0 Å². The van der Waals surface area contributed by atoms with Gasteiger partial charge in [0.05, 0.1) is 11.8 Å². The standard InChI is InChI=1S/C14H22N2O.C4H8O/c1-11(2)14-6-4-5-12(15-14)9-16-8-7-13(10-16)17-3;1-2-4-5-3-1/h4-6,11,13H,7-10H2,1-3H3;1-4H2. The molecule has 22 heavy (non-hydrogen) atoms. The highest BCUT2D eigenvalue weighted by molar-refractivity contribution is 5.14. The number of pyridine rings is 1. The molecule has 1 aromatic heterocycles. The van der Waals surface area contributed by atoms with Crippen molar-refractivity contribution >= 4 is 0 Å². The number of rotatable bonds is 4. The van der Waals surface area contributed by atoms with Crippen LogP contribution in [0.3, 0.4) is 0 Å². The van der Waals surface area contributed by atoms with E-state index in [4.69, 9.17) is 14.5 Å². The van der Waals surface area contributed by atoms with Gasteiger partial charge in [-0.3, -0.25) is 9.88 Å². The molecule has 0 bridgehead atoms. The molecule has 124 valence electrons. The quantitative estimate of drug-likeness (QED) is 0.855. The summed E-state index contributed by atoms with van der Waals surface area (Å²) in [5.41, 5.74) is 2.36. The topological polar surface area (TPSA) is 34.6 Å². The summed E-state index contributed by atoms with van der Waals surface area (Å²) >= 11 is 0. The van der Waals surface area contributed by atoms with Crippen molar-refractivity contribution in [2.75, 3.05) is 33.4 Å². The van der Waals surface area contributed by atoms with Gasteiger partial charge in [-0.1, -0.05) is 19.9 Å². The number of hydrogen-bond donors (Lipinski definition) is 0. The van der Waals surface area contributed by atoms with E-state index in [-0.39, 0.29) is 0 Å². The van der Waals surface area contributed by atoms with Crippen LogP contribution in [0.15, 0.2) is 18.2 Å². The fraction of sp³-hybridized carbons (Fsp3) is 0.722. The van der Waals surface area contributed by atoms with E-state index in [9.17, 15) is 0 Å². The van der Waals surface area contributed by atoms with E-state index in [1.165, 1.54) is 24.2 Å². The van der Waals surface area contributed by atoms with Crippen LogP contribution >= 0.6 is 0 Å². The first-order valence-electron chi connectivity index (χ1n) is 8.47. The maximum atomic E-state index is 5.38. The van der Waals surface area contributed by atoms with Crippen molar-refractivity contribution in [3.05, 3.63) is 29.6 Å². The number of methoxy groups -OCH3 is 1. The Hall–Kier alpha value is -0.970. The Labute approximate surface area is 134 Å². The third kappa shape index (κ3) is 5.67. The first-order chi connectivity index (χ1) is 10.7. The molecule has 0 aromatic carbocycles. The smallest absolute Gasteiger partial charge is 0.0710 e. The van der Waals surface area contributed by atoms with Crippen molar-refractivity contribution in [1.82, 2.24) is 9.88 Å². The second kappa shape index (κ2) is 9.23. The third-order valence-corrected chi connectivity index (χ3v) is 4.20. The Morgan fingerprint density at radius 3 is 2.64 bits per heavy atom. The summed E-state index contributed by atoms with van der Waals surface area (Å²) in [7, 11) is 1.80. The van der Waals surface area contributed by atoms with Crippen molar-refractivity contribution in [2.45, 2.75) is 51.7 Å². The molecule has 2 aliphatic rings. The molecule has 4 heteroatoms. The van der Waals surface area contributed by atoms with Gasteiger partial charge >= 0.3 is 0 Å². The van der Waals surface area contributed by atoms with Crippen LogP contribution in [0.25, 0.3) is 0 Å². The number of hydrogen-bond acceptors (Lipinski definition) is 4. The van der Waals surface area contributed by atoms with Crippen LogP contribution < -0.4 is 0 Å². The summed E-state index contributed by atoms with van der Waals surface area (Å²) in [6.45, 7) is 9.46. The highest BCUT2D eigenvalue weighted by atomic mass is 16.5. The van der Waals surface area contributed by atoms with E-state index < -0.39 is 0 Å². The molecule has 3 rings (SSSR count). The van der Waals surface area contributed by atoms with Gasteiger partial charge in [-0.05, 0) is 37.3 Å². The average Bonchev–Trinajstić information content (AvgIpc) is 3.22. The number of nitrogens with zero attached hydrogens (tertiary/aromatic N) is 2. The van der Waals surface area contributed by atoms with Crippen LogP contribution in [0.1, 0.15) is 50.4 Å². The van der Waals surface area contributed by atoms with E-state index >= 15 is 0 Å². The van der Waals surface area contributed by atoms with Crippen LogP contribution in [-0.4, -0.2) is 49.4 Å². The lowest BCUT2D eigenvalue weighted by Gasteiger charge is -2.16. The normalized spacial score (nSPS) is 21.9. The Morgan fingerprint density at radius 2 is 2.09 bits per heavy atom. The Kier molecular flexibility index (Phi) is 7.30. The zero-order valence-corrected chi connectivity index (χ0v) is 14.3. The van der Waals surface area contributed by atoms with Gasteiger partial charge in [-0.15, -0.1) is 0 Å². The molecule has 1 unspecified atom stereocenters. The maximum absolute atomic E-state index is 5.38. The molecule has 0 amide bonds. The molecule has 2 fully saturated rings. The lowest BCUT2D eigenvalue weighted by molar-refractivity contribution is 0.107. The van der Waals surface area contributed by atoms with Crippen LogP contribution in [0.2, 0.25) is 0 Å². The van der Waals surface area contributed by atoms with Gasteiger partial charge in [-0.25, -0.2) is 0 Å². The van der Waals surface area contributed by atoms with Gasteiger partial charge < -0.3 is 9.47 Å². The highest BCUT2D eigenvalue weighted by Gasteiger charge is 2.22. The lowest BCUT2D eigenvalue weighted by Crippen LogP contribution is -2.23. The molecule has 0 N–H and O–H groups in total. The minimum atomic E-state index is 0.406. The molecule has 0 spiro atoms. The molecule has 2 aliphatic heterocycles. The van der Waals surface area contributed by atoms with Crippen molar-refractivity contribution in [2.24, 2.45) is 0 Å². The number of aromatic nitrogens is 1. The van der Waals surface area contributed by atoms with Crippen LogP contribution in [0.4, 0.5) is 0 Å². The van der Waals surface area contributed by atoms with Crippen molar-refractivity contribution in [3.63, 3.8) is 0 Å². The summed E-state index contributed by atoms with van der Waals surface area (Å²) in [6.07, 6.45) is 4.10. The summed E-state index contributed by atoms with van der Waals surface area (Å²) in [5, 5.41) is 0. The Balaban J connectivity index is 0.000000299.